The zero-order valence-electron chi connectivity index (χ0n) is 5.31. The zero-order chi connectivity index (χ0) is 6.69. The van der Waals surface area contributed by atoms with Crippen LogP contribution in [0, 0.1) is 11.3 Å². The molecule has 1 rings (SSSR count). The van der Waals surface area contributed by atoms with Crippen LogP contribution in [0.4, 0.5) is 0 Å². The van der Waals surface area contributed by atoms with Crippen molar-refractivity contribution in [1.29, 1.82) is 5.26 Å². The molecule has 0 saturated carbocycles. The first-order valence-electron chi connectivity index (χ1n) is 2.94. The summed E-state index contributed by atoms with van der Waals surface area (Å²) in [5.74, 6) is 0. The Hall–Kier alpha value is -1.23. The number of aromatic amines is 1. The molecule has 0 fully saturated rings. The molecule has 1 aromatic heterocycles. The van der Waals surface area contributed by atoms with Gasteiger partial charge in [0.25, 0.3) is 0 Å². The Morgan fingerprint density at radius 2 is 2.56 bits per heavy atom. The van der Waals surface area contributed by atoms with E-state index in [9.17, 15) is 0 Å². The number of rotatable bonds is 1. The molecule has 0 bridgehead atoms. The average Bonchev–Trinajstić information content (AvgIpc) is 2.33. The quantitative estimate of drug-likeness (QED) is 0.598. The summed E-state index contributed by atoms with van der Waals surface area (Å²) >= 11 is 0. The standard InChI is InChI=1S/C7H8N2/c1-2-6-3-4-9-7(6)5-8/h3-4,9H,2H2,1H3. The molecule has 1 aromatic rings. The molecular weight excluding hydrogens is 112 g/mol. The molecule has 0 atom stereocenters. The molecule has 1 N–H and O–H groups in total. The van der Waals surface area contributed by atoms with Crippen LogP contribution in [-0.2, 0) is 6.42 Å². The van der Waals surface area contributed by atoms with Gasteiger partial charge in [-0.05, 0) is 18.1 Å². The highest BCUT2D eigenvalue weighted by Crippen LogP contribution is 2.04. The lowest BCUT2D eigenvalue weighted by atomic mass is 10.2. The highest BCUT2D eigenvalue weighted by atomic mass is 14.7. The van der Waals surface area contributed by atoms with E-state index in [1.807, 2.05) is 13.0 Å². The molecule has 0 aliphatic carbocycles. The normalized spacial score (nSPS) is 8.89. The van der Waals surface area contributed by atoms with Crippen LogP contribution in [0.5, 0.6) is 0 Å². The van der Waals surface area contributed by atoms with E-state index in [0.29, 0.717) is 5.69 Å². The van der Waals surface area contributed by atoms with Crippen LogP contribution in [-0.4, -0.2) is 4.98 Å². The summed E-state index contributed by atoms with van der Waals surface area (Å²) in [5, 5.41) is 8.46. The monoisotopic (exact) mass is 120 g/mol. The molecule has 0 aromatic carbocycles. The number of aromatic nitrogens is 1. The second-order valence-corrected chi connectivity index (χ2v) is 1.84. The fraction of sp³-hybridized carbons (Fsp3) is 0.286. The first-order valence-corrected chi connectivity index (χ1v) is 2.94. The van der Waals surface area contributed by atoms with Gasteiger partial charge in [0.1, 0.15) is 11.8 Å². The Balaban J connectivity index is 3.02. The van der Waals surface area contributed by atoms with Crippen molar-refractivity contribution in [3.05, 3.63) is 23.5 Å². The number of nitrogens with one attached hydrogen (secondary N) is 1. The van der Waals surface area contributed by atoms with Gasteiger partial charge in [-0.2, -0.15) is 5.26 Å². The Morgan fingerprint density at radius 3 is 3.00 bits per heavy atom. The molecule has 0 spiro atoms. The van der Waals surface area contributed by atoms with Gasteiger partial charge in [-0.15, -0.1) is 0 Å². The largest absolute Gasteiger partial charge is 0.353 e. The lowest BCUT2D eigenvalue weighted by Crippen LogP contribution is -1.80. The van der Waals surface area contributed by atoms with Crippen molar-refractivity contribution in [1.82, 2.24) is 4.98 Å². The Kier molecular flexibility index (Phi) is 1.55. The zero-order valence-corrected chi connectivity index (χ0v) is 5.31. The van der Waals surface area contributed by atoms with Crippen LogP contribution in [0.15, 0.2) is 12.3 Å². The maximum atomic E-state index is 8.46. The molecule has 0 saturated heterocycles. The second-order valence-electron chi connectivity index (χ2n) is 1.84. The molecule has 0 radical (unpaired) electrons. The van der Waals surface area contributed by atoms with Crippen LogP contribution in [0.2, 0.25) is 0 Å². The number of aryl methyl sites for hydroxylation is 1. The van der Waals surface area contributed by atoms with E-state index in [1.165, 1.54) is 0 Å². The topological polar surface area (TPSA) is 39.6 Å². The number of nitrogens with zero attached hydrogens (tertiary/aromatic N) is 1. The minimum Gasteiger partial charge on any atom is -0.353 e. The smallest absolute Gasteiger partial charge is 0.120 e. The molecule has 2 heteroatoms. The van der Waals surface area contributed by atoms with Crippen LogP contribution in [0.25, 0.3) is 0 Å². The van der Waals surface area contributed by atoms with E-state index in [1.54, 1.807) is 6.20 Å². The molecule has 0 aliphatic heterocycles. The van der Waals surface area contributed by atoms with E-state index < -0.39 is 0 Å². The van der Waals surface area contributed by atoms with Crippen molar-refractivity contribution in [2.45, 2.75) is 13.3 Å². The van der Waals surface area contributed by atoms with Crippen LogP contribution >= 0.6 is 0 Å². The van der Waals surface area contributed by atoms with Gasteiger partial charge in [0.05, 0.1) is 0 Å². The first-order chi connectivity index (χ1) is 4.38. The maximum absolute atomic E-state index is 8.46. The Bertz CT molecular complexity index is 229. The average molecular weight is 120 g/mol. The van der Waals surface area contributed by atoms with Crippen LogP contribution in [0.1, 0.15) is 18.2 Å². The van der Waals surface area contributed by atoms with Gasteiger partial charge in [0.2, 0.25) is 0 Å². The molecule has 9 heavy (non-hydrogen) atoms. The van der Waals surface area contributed by atoms with Gasteiger partial charge in [0.15, 0.2) is 0 Å². The Labute approximate surface area is 54.1 Å². The second kappa shape index (κ2) is 2.36. The number of nitriles is 1. The third-order valence-corrected chi connectivity index (χ3v) is 1.33. The van der Waals surface area contributed by atoms with Crippen molar-refractivity contribution in [3.63, 3.8) is 0 Å². The molecule has 2 nitrogen and oxygen atoms in total. The first kappa shape index (κ1) is 5.90. The third kappa shape index (κ3) is 0.945. The van der Waals surface area contributed by atoms with Gasteiger partial charge >= 0.3 is 0 Å². The Morgan fingerprint density at radius 1 is 1.78 bits per heavy atom. The molecule has 0 amide bonds. The minimum absolute atomic E-state index is 0.692. The van der Waals surface area contributed by atoms with Crippen molar-refractivity contribution < 1.29 is 0 Å². The number of hydrogen-bond donors (Lipinski definition) is 1. The van der Waals surface area contributed by atoms with Crippen LogP contribution < -0.4 is 0 Å². The minimum atomic E-state index is 0.692. The fourth-order valence-electron chi connectivity index (χ4n) is 0.800. The number of H-pyrrole nitrogens is 1. The molecule has 0 aliphatic rings. The van der Waals surface area contributed by atoms with Crippen molar-refractivity contribution in [2.24, 2.45) is 0 Å². The summed E-state index contributed by atoms with van der Waals surface area (Å²) in [4.78, 5) is 2.85. The lowest BCUT2D eigenvalue weighted by Gasteiger charge is -1.85. The van der Waals surface area contributed by atoms with Gasteiger partial charge in [-0.3, -0.25) is 0 Å². The lowest BCUT2D eigenvalue weighted by molar-refractivity contribution is 1.13. The molecule has 0 unspecified atom stereocenters. The molecule has 1 heterocycles. The van der Waals surface area contributed by atoms with Gasteiger partial charge in [0, 0.05) is 6.20 Å². The summed E-state index contributed by atoms with van der Waals surface area (Å²) in [5.41, 5.74) is 1.79. The number of hydrogen-bond acceptors (Lipinski definition) is 1. The predicted octanol–water partition coefficient (Wildman–Crippen LogP) is 1.45. The summed E-state index contributed by atoms with van der Waals surface area (Å²) in [6.07, 6.45) is 2.71. The van der Waals surface area contributed by atoms with Gasteiger partial charge in [-0.1, -0.05) is 6.92 Å². The van der Waals surface area contributed by atoms with Gasteiger partial charge < -0.3 is 4.98 Å². The highest BCUT2D eigenvalue weighted by molar-refractivity contribution is 5.31. The maximum Gasteiger partial charge on any atom is 0.120 e. The summed E-state index contributed by atoms with van der Waals surface area (Å²) in [6.45, 7) is 2.03. The molecule has 46 valence electrons. The molecular formula is C7H8N2. The summed E-state index contributed by atoms with van der Waals surface area (Å²) < 4.78 is 0. The third-order valence-electron chi connectivity index (χ3n) is 1.33. The summed E-state index contributed by atoms with van der Waals surface area (Å²) in [7, 11) is 0. The van der Waals surface area contributed by atoms with Crippen molar-refractivity contribution in [3.8, 4) is 6.07 Å². The highest BCUT2D eigenvalue weighted by Gasteiger charge is 1.96. The van der Waals surface area contributed by atoms with Crippen LogP contribution in [0.3, 0.4) is 0 Å². The van der Waals surface area contributed by atoms with Crippen molar-refractivity contribution in [2.75, 3.05) is 0 Å². The van der Waals surface area contributed by atoms with E-state index in [2.05, 4.69) is 11.1 Å². The van der Waals surface area contributed by atoms with E-state index in [0.717, 1.165) is 12.0 Å². The van der Waals surface area contributed by atoms with Gasteiger partial charge in [-0.25, -0.2) is 0 Å². The fourth-order valence-corrected chi connectivity index (χ4v) is 0.800. The van der Waals surface area contributed by atoms with E-state index in [-0.39, 0.29) is 0 Å². The van der Waals surface area contributed by atoms with Crippen molar-refractivity contribution >= 4 is 0 Å². The van der Waals surface area contributed by atoms with E-state index in [4.69, 9.17) is 5.26 Å². The predicted molar refractivity (Wildman–Crippen MR) is 34.9 cm³/mol. The van der Waals surface area contributed by atoms with E-state index >= 15 is 0 Å². The summed E-state index contributed by atoms with van der Waals surface area (Å²) in [6, 6.07) is 4.00. The SMILES string of the molecule is CCc1cc[nH]c1C#N.